The second-order valence-electron chi connectivity index (χ2n) is 7.86. The Morgan fingerprint density at radius 1 is 1.09 bits per heavy atom. The molecule has 4 atom stereocenters. The molecule has 3 aliphatic heterocycles. The van der Waals surface area contributed by atoms with E-state index in [0.717, 1.165) is 37.8 Å². The number of fused-ring (bicyclic) bond motifs is 5. The number of ether oxygens (including phenoxy) is 4. The Morgan fingerprint density at radius 2 is 1.74 bits per heavy atom. The zero-order valence-corrected chi connectivity index (χ0v) is 18.1. The van der Waals surface area contributed by atoms with Crippen molar-refractivity contribution in [3.05, 3.63) is 40.5 Å². The van der Waals surface area contributed by atoms with Gasteiger partial charge in [-0.2, -0.15) is 0 Å². The highest BCUT2D eigenvalue weighted by Gasteiger charge is 2.72. The average molecular weight is 474 g/mol. The van der Waals surface area contributed by atoms with Gasteiger partial charge in [0.1, 0.15) is 0 Å². The third-order valence-electron chi connectivity index (χ3n) is 5.64. The maximum absolute atomic E-state index is 13.5. The van der Waals surface area contributed by atoms with Gasteiger partial charge in [-0.3, -0.25) is 34.1 Å². The maximum Gasteiger partial charge on any atom is 0.313 e. The van der Waals surface area contributed by atoms with Crippen molar-refractivity contribution in [1.82, 2.24) is 0 Å². The highest BCUT2D eigenvalue weighted by Crippen LogP contribution is 2.55. The quantitative estimate of drug-likeness (QED) is 0.109. The Labute approximate surface area is 191 Å². The number of nitrogens with zero attached hydrogens (tertiary/aromatic N) is 2. The maximum atomic E-state index is 13.5. The molecule has 0 radical (unpaired) electrons. The summed E-state index contributed by atoms with van der Waals surface area (Å²) in [5.41, 5.74) is -2.51. The number of carbonyl (C=O) groups is 5. The molecule has 2 saturated heterocycles. The van der Waals surface area contributed by atoms with Gasteiger partial charge < -0.3 is 18.9 Å². The highest BCUT2D eigenvalue weighted by molar-refractivity contribution is 6.23. The summed E-state index contributed by atoms with van der Waals surface area (Å²) >= 11 is 0. The largest absolute Gasteiger partial charge is 0.422 e. The molecule has 1 aromatic rings. The van der Waals surface area contributed by atoms with E-state index in [0.29, 0.717) is 0 Å². The first kappa shape index (κ1) is 23.0. The summed E-state index contributed by atoms with van der Waals surface area (Å²) < 4.78 is 20.9. The van der Waals surface area contributed by atoms with E-state index in [1.165, 1.54) is 18.2 Å². The van der Waals surface area contributed by atoms with Crippen molar-refractivity contribution in [3.8, 4) is 5.75 Å². The van der Waals surface area contributed by atoms with Crippen LogP contribution in [0.5, 0.6) is 5.75 Å². The van der Waals surface area contributed by atoms with Crippen molar-refractivity contribution < 1.29 is 47.8 Å². The normalized spacial score (nSPS) is 26.6. The number of benzene rings is 1. The summed E-state index contributed by atoms with van der Waals surface area (Å²) in [5, 5.41) is 11.5. The first-order valence-electron chi connectivity index (χ1n) is 10.0. The minimum atomic E-state index is -1.75. The molecule has 0 saturated carbocycles. The van der Waals surface area contributed by atoms with Crippen molar-refractivity contribution in [1.29, 1.82) is 0 Å². The predicted octanol–water partition coefficient (Wildman–Crippen LogP) is 0.785. The molecular weight excluding hydrogens is 456 g/mol. The van der Waals surface area contributed by atoms with Gasteiger partial charge in [0.25, 0.3) is 6.29 Å². The van der Waals surface area contributed by atoms with Crippen LogP contribution in [0.1, 0.15) is 20.8 Å². The van der Waals surface area contributed by atoms with E-state index in [2.05, 4.69) is 0 Å². The predicted molar refractivity (Wildman–Crippen MR) is 108 cm³/mol. The Bertz CT molecular complexity index is 1160. The van der Waals surface area contributed by atoms with Crippen molar-refractivity contribution in [2.24, 2.45) is 11.8 Å². The molecule has 0 aromatic heterocycles. The lowest BCUT2D eigenvalue weighted by Crippen LogP contribution is -2.52. The Kier molecular flexibility index (Phi) is 5.44. The summed E-state index contributed by atoms with van der Waals surface area (Å²) in [5.74, 6) is -6.53. The fourth-order valence-electron chi connectivity index (χ4n) is 4.50. The number of rotatable bonds is 6. The fourth-order valence-corrected chi connectivity index (χ4v) is 4.50. The molecule has 13 nitrogen and oxygen atoms in total. The van der Waals surface area contributed by atoms with Crippen LogP contribution in [-0.4, -0.2) is 52.6 Å². The number of amides is 2. The molecule has 0 N–H and O–H groups in total. The average Bonchev–Trinajstić information content (AvgIpc) is 3.38. The molecule has 34 heavy (non-hydrogen) atoms. The van der Waals surface area contributed by atoms with Crippen LogP contribution in [-0.2, 0) is 38.2 Å². The number of esters is 3. The number of hydrogen-bond donors (Lipinski definition) is 0. The van der Waals surface area contributed by atoms with E-state index in [1.54, 1.807) is 0 Å². The molecule has 3 aliphatic rings. The van der Waals surface area contributed by atoms with Crippen LogP contribution in [0, 0.1) is 22.0 Å². The van der Waals surface area contributed by atoms with Gasteiger partial charge in [0.05, 0.1) is 28.6 Å². The SMILES string of the molecule is CC(=O)Oc1ccc(N2C(=O)[C@H]3[C@H]4C=C[C@@](C(OC(C)=O)OC(C)=O)(O4)[C@H]3C2=O)cc1[N+](=O)[O-]. The highest BCUT2D eigenvalue weighted by atomic mass is 16.7. The van der Waals surface area contributed by atoms with Gasteiger partial charge in [-0.15, -0.1) is 0 Å². The van der Waals surface area contributed by atoms with Gasteiger partial charge in [-0.05, 0) is 18.2 Å². The van der Waals surface area contributed by atoms with Gasteiger partial charge >= 0.3 is 23.6 Å². The number of nitro benzene ring substituents is 1. The van der Waals surface area contributed by atoms with E-state index in [1.807, 2.05) is 0 Å². The van der Waals surface area contributed by atoms with E-state index in [-0.39, 0.29) is 11.4 Å². The summed E-state index contributed by atoms with van der Waals surface area (Å²) in [6.45, 7) is 3.22. The molecule has 178 valence electrons. The number of nitro groups is 1. The van der Waals surface area contributed by atoms with E-state index < -0.39 is 70.2 Å². The van der Waals surface area contributed by atoms with Gasteiger partial charge in [-0.25, -0.2) is 4.90 Å². The third-order valence-corrected chi connectivity index (χ3v) is 5.64. The summed E-state index contributed by atoms with van der Waals surface area (Å²) in [7, 11) is 0. The van der Waals surface area contributed by atoms with Crippen LogP contribution in [0.2, 0.25) is 0 Å². The fraction of sp³-hybridized carbons (Fsp3) is 0.381. The standard InChI is InChI=1S/C21H18N2O11/c1-9(24)31-14-5-4-12(8-13(14)23(29)30)22-18(27)16-15-6-7-21(34-15,17(16)19(22)28)20(32-10(2)25)33-11(3)26/h4-8,15-17,20H,1-3H3/t15-,16+,17-,21-/m1/s1. The molecule has 1 aromatic carbocycles. The molecule has 2 bridgehead atoms. The van der Waals surface area contributed by atoms with Crippen LogP contribution in [0.4, 0.5) is 11.4 Å². The lowest BCUT2D eigenvalue weighted by atomic mass is 9.76. The summed E-state index contributed by atoms with van der Waals surface area (Å²) in [6.07, 6.45) is 0.393. The van der Waals surface area contributed by atoms with Crippen molar-refractivity contribution >= 4 is 41.1 Å². The molecule has 0 unspecified atom stereocenters. The minimum Gasteiger partial charge on any atom is -0.422 e. The first-order chi connectivity index (χ1) is 16.0. The Balaban J connectivity index is 1.74. The van der Waals surface area contributed by atoms with Crippen LogP contribution >= 0.6 is 0 Å². The Hall–Kier alpha value is -4.13. The molecule has 4 rings (SSSR count). The number of anilines is 1. The van der Waals surface area contributed by atoms with Crippen molar-refractivity contribution in [2.75, 3.05) is 4.90 Å². The van der Waals surface area contributed by atoms with Gasteiger partial charge in [0.15, 0.2) is 5.60 Å². The van der Waals surface area contributed by atoms with E-state index >= 15 is 0 Å². The molecular formula is C21H18N2O11. The molecule has 2 amide bonds. The Morgan fingerprint density at radius 3 is 2.29 bits per heavy atom. The van der Waals surface area contributed by atoms with E-state index in [9.17, 15) is 34.1 Å². The third kappa shape index (κ3) is 3.50. The molecule has 3 heterocycles. The summed E-state index contributed by atoms with van der Waals surface area (Å²) in [6, 6.07) is 3.26. The van der Waals surface area contributed by atoms with Gasteiger partial charge in [-0.1, -0.05) is 6.08 Å². The van der Waals surface area contributed by atoms with Crippen LogP contribution in [0.25, 0.3) is 0 Å². The molecule has 0 aliphatic carbocycles. The van der Waals surface area contributed by atoms with Crippen molar-refractivity contribution in [3.63, 3.8) is 0 Å². The molecule has 0 spiro atoms. The summed E-state index contributed by atoms with van der Waals surface area (Å²) in [4.78, 5) is 72.7. The topological polar surface area (TPSA) is 169 Å². The number of carbonyl (C=O) groups excluding carboxylic acids is 5. The first-order valence-corrected chi connectivity index (χ1v) is 10.0. The number of imide groups is 1. The van der Waals surface area contributed by atoms with Crippen molar-refractivity contribution in [2.45, 2.75) is 38.8 Å². The van der Waals surface area contributed by atoms with Crippen LogP contribution < -0.4 is 9.64 Å². The zero-order chi connectivity index (χ0) is 24.9. The van der Waals surface area contributed by atoms with E-state index in [4.69, 9.17) is 18.9 Å². The second-order valence-corrected chi connectivity index (χ2v) is 7.86. The van der Waals surface area contributed by atoms with Crippen LogP contribution in [0.3, 0.4) is 0 Å². The zero-order valence-electron chi connectivity index (χ0n) is 18.1. The second kappa shape index (κ2) is 8.02. The van der Waals surface area contributed by atoms with Gasteiger partial charge in [0, 0.05) is 26.8 Å². The monoisotopic (exact) mass is 474 g/mol. The molecule has 13 heteroatoms. The van der Waals surface area contributed by atoms with Crippen LogP contribution in [0.15, 0.2) is 30.4 Å². The minimum absolute atomic E-state index is 0.127. The molecule has 2 fully saturated rings. The number of hydrogen-bond acceptors (Lipinski definition) is 11. The van der Waals surface area contributed by atoms with Gasteiger partial charge in [0.2, 0.25) is 17.6 Å². The lowest BCUT2D eigenvalue weighted by Gasteiger charge is -2.34. The lowest BCUT2D eigenvalue weighted by molar-refractivity contribution is -0.385. The smallest absolute Gasteiger partial charge is 0.313 e.